The summed E-state index contributed by atoms with van der Waals surface area (Å²) in [4.78, 5) is 19.4. The van der Waals surface area contributed by atoms with Crippen LogP contribution < -0.4 is 10.1 Å². The van der Waals surface area contributed by atoms with Gasteiger partial charge in [-0.1, -0.05) is 0 Å². The van der Waals surface area contributed by atoms with Crippen molar-refractivity contribution in [1.29, 1.82) is 0 Å². The smallest absolute Gasteiger partial charge is 0.337 e. The third-order valence-corrected chi connectivity index (χ3v) is 2.75. The fourth-order valence-electron chi connectivity index (χ4n) is 1.77. The van der Waals surface area contributed by atoms with Crippen molar-refractivity contribution in [3.05, 3.63) is 47.5 Å². The highest BCUT2D eigenvalue weighted by atomic mass is 16.5. The highest BCUT2D eigenvalue weighted by Crippen LogP contribution is 2.23. The maximum absolute atomic E-state index is 11.2. The summed E-state index contributed by atoms with van der Waals surface area (Å²) >= 11 is 0. The summed E-state index contributed by atoms with van der Waals surface area (Å²) in [6.45, 7) is 2.22. The number of nitrogens with one attached hydrogen (secondary N) is 1. The summed E-state index contributed by atoms with van der Waals surface area (Å²) in [6, 6.07) is 6.55. The van der Waals surface area contributed by atoms with Gasteiger partial charge < -0.3 is 15.2 Å². The van der Waals surface area contributed by atoms with Gasteiger partial charge in [0.05, 0.1) is 30.6 Å². The van der Waals surface area contributed by atoms with Crippen LogP contribution in [0.3, 0.4) is 0 Å². The molecule has 20 heavy (non-hydrogen) atoms. The van der Waals surface area contributed by atoms with E-state index < -0.39 is 5.97 Å². The number of aryl methyl sites for hydroxylation is 1. The van der Waals surface area contributed by atoms with Crippen LogP contribution in [-0.4, -0.2) is 28.2 Å². The van der Waals surface area contributed by atoms with Crippen LogP contribution in [0.5, 0.6) is 5.75 Å². The minimum absolute atomic E-state index is 0.191. The number of rotatable bonds is 5. The lowest BCUT2D eigenvalue weighted by atomic mass is 10.1. The molecule has 0 saturated carbocycles. The minimum atomic E-state index is -0.992. The summed E-state index contributed by atoms with van der Waals surface area (Å²) in [5, 5.41) is 12.2. The lowest BCUT2D eigenvalue weighted by molar-refractivity contribution is 0.0698. The average molecular weight is 273 g/mol. The zero-order valence-corrected chi connectivity index (χ0v) is 11.3. The van der Waals surface area contributed by atoms with Crippen LogP contribution in [0.4, 0.5) is 5.69 Å². The number of hydrogen-bond donors (Lipinski definition) is 2. The van der Waals surface area contributed by atoms with E-state index in [0.717, 1.165) is 5.69 Å². The Morgan fingerprint density at radius 1 is 1.40 bits per heavy atom. The molecule has 104 valence electrons. The van der Waals surface area contributed by atoms with E-state index >= 15 is 0 Å². The molecular weight excluding hydrogens is 258 g/mol. The summed E-state index contributed by atoms with van der Waals surface area (Å²) in [5.41, 5.74) is 1.47. The Morgan fingerprint density at radius 3 is 2.85 bits per heavy atom. The number of ether oxygens (including phenoxy) is 1. The predicted octanol–water partition coefficient (Wildman–Crippen LogP) is 2.10. The van der Waals surface area contributed by atoms with Crippen LogP contribution in [0.1, 0.15) is 21.9 Å². The van der Waals surface area contributed by atoms with Gasteiger partial charge in [-0.25, -0.2) is 14.8 Å². The van der Waals surface area contributed by atoms with E-state index in [2.05, 4.69) is 15.3 Å². The summed E-state index contributed by atoms with van der Waals surface area (Å²) in [7, 11) is 1.54. The molecule has 0 unspecified atom stereocenters. The van der Waals surface area contributed by atoms with Crippen molar-refractivity contribution in [2.45, 2.75) is 13.5 Å². The van der Waals surface area contributed by atoms with Crippen LogP contribution in [0, 0.1) is 6.92 Å². The zero-order chi connectivity index (χ0) is 14.5. The third-order valence-electron chi connectivity index (χ3n) is 2.75. The molecule has 2 aromatic rings. The van der Waals surface area contributed by atoms with Crippen molar-refractivity contribution in [3.8, 4) is 5.75 Å². The Labute approximate surface area is 116 Å². The Hall–Kier alpha value is -2.63. The van der Waals surface area contributed by atoms with Gasteiger partial charge in [-0.2, -0.15) is 0 Å². The number of carboxylic acids is 1. The quantitative estimate of drug-likeness (QED) is 0.868. The Kier molecular flexibility index (Phi) is 4.14. The first-order valence-corrected chi connectivity index (χ1v) is 6.04. The molecule has 6 nitrogen and oxygen atoms in total. The summed E-state index contributed by atoms with van der Waals surface area (Å²) in [5.74, 6) is 0.277. The lowest BCUT2D eigenvalue weighted by Crippen LogP contribution is -2.08. The predicted molar refractivity (Wildman–Crippen MR) is 74.0 cm³/mol. The van der Waals surface area contributed by atoms with Crippen LogP contribution >= 0.6 is 0 Å². The molecule has 6 heteroatoms. The molecule has 1 aromatic carbocycles. The van der Waals surface area contributed by atoms with Gasteiger partial charge in [0, 0.05) is 12.3 Å². The maximum atomic E-state index is 11.2. The molecule has 0 aliphatic carbocycles. The molecule has 0 aliphatic rings. The van der Waals surface area contributed by atoms with Gasteiger partial charge in [-0.05, 0) is 25.1 Å². The summed E-state index contributed by atoms with van der Waals surface area (Å²) in [6.07, 6.45) is 1.67. The van der Waals surface area contributed by atoms with Gasteiger partial charge >= 0.3 is 5.97 Å². The number of carbonyl (C=O) groups is 1. The normalized spacial score (nSPS) is 10.1. The molecule has 0 amide bonds. The number of methoxy groups -OCH3 is 1. The Morgan fingerprint density at radius 2 is 2.20 bits per heavy atom. The van der Waals surface area contributed by atoms with Crippen LogP contribution in [-0.2, 0) is 6.54 Å². The second-order valence-electron chi connectivity index (χ2n) is 4.17. The van der Waals surface area contributed by atoms with Gasteiger partial charge in [-0.15, -0.1) is 0 Å². The maximum Gasteiger partial charge on any atom is 0.337 e. The van der Waals surface area contributed by atoms with Gasteiger partial charge in [-0.3, -0.25) is 0 Å². The van der Waals surface area contributed by atoms with E-state index in [1.807, 2.05) is 0 Å². The number of aromatic carboxylic acids is 1. The molecule has 1 aromatic heterocycles. The van der Waals surface area contributed by atoms with Crippen molar-refractivity contribution in [3.63, 3.8) is 0 Å². The van der Waals surface area contributed by atoms with Crippen molar-refractivity contribution in [2.75, 3.05) is 12.4 Å². The molecule has 0 fully saturated rings. The molecule has 0 atom stereocenters. The van der Waals surface area contributed by atoms with E-state index in [9.17, 15) is 4.79 Å². The van der Waals surface area contributed by atoms with Gasteiger partial charge in [0.1, 0.15) is 11.6 Å². The largest absolute Gasteiger partial charge is 0.497 e. The number of aromatic nitrogens is 2. The van der Waals surface area contributed by atoms with E-state index in [1.54, 1.807) is 31.3 Å². The molecule has 2 N–H and O–H groups in total. The Bertz CT molecular complexity index is 629. The first-order chi connectivity index (χ1) is 9.60. The molecule has 0 spiro atoms. The van der Waals surface area contributed by atoms with Crippen molar-refractivity contribution in [1.82, 2.24) is 9.97 Å². The topological polar surface area (TPSA) is 84.3 Å². The molecule has 1 heterocycles. The number of anilines is 1. The van der Waals surface area contributed by atoms with Crippen LogP contribution in [0.15, 0.2) is 30.5 Å². The average Bonchev–Trinajstić information content (AvgIpc) is 2.44. The van der Waals surface area contributed by atoms with E-state index in [0.29, 0.717) is 23.8 Å². The van der Waals surface area contributed by atoms with Gasteiger partial charge in [0.15, 0.2) is 0 Å². The molecule has 0 radical (unpaired) electrons. The molecule has 0 aliphatic heterocycles. The number of benzene rings is 1. The van der Waals surface area contributed by atoms with Crippen molar-refractivity contribution >= 4 is 11.7 Å². The third kappa shape index (κ3) is 3.23. The minimum Gasteiger partial charge on any atom is -0.497 e. The second-order valence-corrected chi connectivity index (χ2v) is 4.17. The number of carboxylic acid groups (broad SMARTS) is 1. The molecular formula is C14H15N3O3. The zero-order valence-electron chi connectivity index (χ0n) is 11.3. The lowest BCUT2D eigenvalue weighted by Gasteiger charge is -2.11. The second kappa shape index (κ2) is 6.01. The van der Waals surface area contributed by atoms with E-state index in [-0.39, 0.29) is 5.56 Å². The highest BCUT2D eigenvalue weighted by Gasteiger charge is 2.11. The fourth-order valence-corrected chi connectivity index (χ4v) is 1.77. The van der Waals surface area contributed by atoms with Crippen molar-refractivity contribution in [2.24, 2.45) is 0 Å². The first-order valence-electron chi connectivity index (χ1n) is 6.04. The van der Waals surface area contributed by atoms with Gasteiger partial charge in [0.2, 0.25) is 0 Å². The summed E-state index contributed by atoms with van der Waals surface area (Å²) < 4.78 is 5.10. The van der Waals surface area contributed by atoms with E-state index in [4.69, 9.17) is 9.84 Å². The number of nitrogens with zero attached hydrogens (tertiary/aromatic N) is 2. The molecule has 2 rings (SSSR count). The monoisotopic (exact) mass is 273 g/mol. The van der Waals surface area contributed by atoms with E-state index in [1.165, 1.54) is 13.2 Å². The Balaban J connectivity index is 2.21. The van der Waals surface area contributed by atoms with Gasteiger partial charge in [0.25, 0.3) is 0 Å². The fraction of sp³-hybridized carbons (Fsp3) is 0.214. The number of hydrogen-bond acceptors (Lipinski definition) is 5. The highest BCUT2D eigenvalue weighted by molar-refractivity contribution is 5.94. The molecule has 0 bridgehead atoms. The van der Waals surface area contributed by atoms with Crippen LogP contribution in [0.25, 0.3) is 0 Å². The molecule has 0 saturated heterocycles. The van der Waals surface area contributed by atoms with Crippen LogP contribution in [0.2, 0.25) is 0 Å². The standard InChI is InChI=1S/C14H15N3O3/c1-9-15-6-5-10(17-9)8-16-13-7-11(20-2)3-4-12(13)14(18)19/h3-7,16H,8H2,1-2H3,(H,18,19). The van der Waals surface area contributed by atoms with Crippen molar-refractivity contribution < 1.29 is 14.6 Å². The first kappa shape index (κ1) is 13.8. The SMILES string of the molecule is COc1ccc(C(=O)O)c(NCc2ccnc(C)n2)c1.